The molecule has 1 aromatic carbocycles. The zero-order chi connectivity index (χ0) is 11.7. The van der Waals surface area contributed by atoms with E-state index in [0.29, 0.717) is 0 Å². The van der Waals surface area contributed by atoms with Gasteiger partial charge in [-0.15, -0.1) is 0 Å². The van der Waals surface area contributed by atoms with Crippen molar-refractivity contribution in [2.24, 2.45) is 5.92 Å². The molecule has 2 heteroatoms. The topological polar surface area (TPSA) is 3.24 Å². The minimum atomic E-state index is 0.825. The minimum absolute atomic E-state index is 0.825. The highest BCUT2D eigenvalue weighted by atomic mass is 32.1. The molecule has 0 aliphatic carbocycles. The number of benzene rings is 1. The summed E-state index contributed by atoms with van der Waals surface area (Å²) in [4.78, 5) is 2.75. The third-order valence-electron chi connectivity index (χ3n) is 4.45. The maximum Gasteiger partial charge on any atom is 0.0239 e. The van der Waals surface area contributed by atoms with E-state index in [1.807, 2.05) is 0 Å². The van der Waals surface area contributed by atoms with Crippen molar-refractivity contribution in [3.8, 4) is 0 Å². The molecule has 2 bridgehead atoms. The van der Waals surface area contributed by atoms with Crippen LogP contribution in [0, 0.1) is 5.92 Å². The Morgan fingerprint density at radius 1 is 1.06 bits per heavy atom. The highest BCUT2D eigenvalue weighted by Crippen LogP contribution is 2.39. The lowest BCUT2D eigenvalue weighted by Gasteiger charge is -2.38. The molecule has 0 amide bonds. The molecule has 0 N–H and O–H groups in total. The monoisotopic (exact) mass is 247 g/mol. The van der Waals surface area contributed by atoms with Crippen molar-refractivity contribution in [1.29, 1.82) is 0 Å². The van der Waals surface area contributed by atoms with Crippen molar-refractivity contribution in [2.75, 3.05) is 5.75 Å². The van der Waals surface area contributed by atoms with Gasteiger partial charge in [-0.1, -0.05) is 30.3 Å². The molecule has 2 atom stereocenters. The van der Waals surface area contributed by atoms with Crippen LogP contribution in [-0.2, 0) is 6.54 Å². The Hall–Kier alpha value is -0.470. The Labute approximate surface area is 110 Å². The van der Waals surface area contributed by atoms with Crippen LogP contribution in [0.1, 0.15) is 31.2 Å². The first-order chi connectivity index (χ1) is 8.36. The normalized spacial score (nSPS) is 32.9. The predicted molar refractivity (Wildman–Crippen MR) is 75.4 cm³/mol. The molecular formula is C15H21NS. The van der Waals surface area contributed by atoms with Gasteiger partial charge in [-0.25, -0.2) is 0 Å². The Morgan fingerprint density at radius 3 is 2.29 bits per heavy atom. The summed E-state index contributed by atoms with van der Waals surface area (Å²) in [6.07, 6.45) is 5.54. The van der Waals surface area contributed by atoms with E-state index < -0.39 is 0 Å². The largest absolute Gasteiger partial charge is 0.293 e. The van der Waals surface area contributed by atoms with E-state index in [4.69, 9.17) is 0 Å². The summed E-state index contributed by atoms with van der Waals surface area (Å²) < 4.78 is 0. The van der Waals surface area contributed by atoms with Gasteiger partial charge >= 0.3 is 0 Å². The van der Waals surface area contributed by atoms with Gasteiger partial charge in [-0.05, 0) is 42.9 Å². The van der Waals surface area contributed by atoms with E-state index in [2.05, 4.69) is 47.9 Å². The lowest BCUT2D eigenvalue weighted by Crippen LogP contribution is -2.42. The zero-order valence-corrected chi connectivity index (χ0v) is 11.2. The predicted octanol–water partition coefficient (Wildman–Crippen LogP) is 3.36. The maximum atomic E-state index is 4.48. The molecular weight excluding hydrogens is 226 g/mol. The van der Waals surface area contributed by atoms with E-state index >= 15 is 0 Å². The van der Waals surface area contributed by atoms with Crippen molar-refractivity contribution in [2.45, 2.75) is 44.3 Å². The number of hydrogen-bond acceptors (Lipinski definition) is 2. The van der Waals surface area contributed by atoms with Gasteiger partial charge in [0, 0.05) is 18.6 Å². The van der Waals surface area contributed by atoms with Crippen LogP contribution < -0.4 is 0 Å². The van der Waals surface area contributed by atoms with Gasteiger partial charge in [-0.2, -0.15) is 12.6 Å². The van der Waals surface area contributed by atoms with Gasteiger partial charge in [0.15, 0.2) is 0 Å². The molecule has 2 fully saturated rings. The third kappa shape index (κ3) is 2.38. The van der Waals surface area contributed by atoms with E-state index in [0.717, 1.165) is 30.3 Å². The van der Waals surface area contributed by atoms with E-state index in [1.165, 1.54) is 31.2 Å². The molecule has 0 radical (unpaired) electrons. The highest BCUT2D eigenvalue weighted by Gasteiger charge is 2.39. The Bertz CT molecular complexity index is 350. The van der Waals surface area contributed by atoms with E-state index in [9.17, 15) is 0 Å². The summed E-state index contributed by atoms with van der Waals surface area (Å²) in [7, 11) is 0. The Morgan fingerprint density at radius 2 is 1.71 bits per heavy atom. The average molecular weight is 247 g/mol. The fourth-order valence-electron chi connectivity index (χ4n) is 3.59. The molecule has 2 heterocycles. The molecule has 3 rings (SSSR count). The SMILES string of the molecule is SCC1CC2CCC(C1)N2Cc1ccccc1. The highest BCUT2D eigenvalue weighted by molar-refractivity contribution is 7.80. The zero-order valence-electron chi connectivity index (χ0n) is 10.3. The molecule has 2 unspecified atom stereocenters. The van der Waals surface area contributed by atoms with E-state index in [-0.39, 0.29) is 0 Å². The van der Waals surface area contributed by atoms with Crippen molar-refractivity contribution in [3.63, 3.8) is 0 Å². The van der Waals surface area contributed by atoms with Crippen LogP contribution in [0.15, 0.2) is 30.3 Å². The van der Waals surface area contributed by atoms with Gasteiger partial charge < -0.3 is 0 Å². The Kier molecular flexibility index (Phi) is 3.44. The number of hydrogen-bond donors (Lipinski definition) is 1. The van der Waals surface area contributed by atoms with Crippen LogP contribution in [0.4, 0.5) is 0 Å². The van der Waals surface area contributed by atoms with Crippen molar-refractivity contribution in [3.05, 3.63) is 35.9 Å². The summed E-state index contributed by atoms with van der Waals surface area (Å²) in [6, 6.07) is 12.6. The average Bonchev–Trinajstić information content (AvgIpc) is 2.63. The minimum Gasteiger partial charge on any atom is -0.293 e. The van der Waals surface area contributed by atoms with Crippen LogP contribution in [-0.4, -0.2) is 22.7 Å². The number of thiol groups is 1. The molecule has 1 nitrogen and oxygen atoms in total. The second-order valence-corrected chi connectivity index (χ2v) is 5.93. The van der Waals surface area contributed by atoms with Gasteiger partial charge in [-0.3, -0.25) is 4.90 Å². The number of rotatable bonds is 3. The fourth-order valence-corrected chi connectivity index (χ4v) is 3.89. The summed E-state index contributed by atoms with van der Waals surface area (Å²) >= 11 is 4.48. The van der Waals surface area contributed by atoms with Crippen LogP contribution in [0.2, 0.25) is 0 Å². The number of nitrogens with zero attached hydrogens (tertiary/aromatic N) is 1. The first-order valence-electron chi connectivity index (χ1n) is 6.77. The smallest absolute Gasteiger partial charge is 0.0239 e. The van der Waals surface area contributed by atoms with Crippen molar-refractivity contribution < 1.29 is 0 Å². The molecule has 92 valence electrons. The summed E-state index contributed by atoms with van der Waals surface area (Å²) in [6.45, 7) is 1.15. The molecule has 2 aliphatic heterocycles. The van der Waals surface area contributed by atoms with Gasteiger partial charge in [0.05, 0.1) is 0 Å². The molecule has 2 saturated heterocycles. The lowest BCUT2D eigenvalue weighted by molar-refractivity contribution is 0.104. The second-order valence-electron chi connectivity index (χ2n) is 5.56. The van der Waals surface area contributed by atoms with E-state index in [1.54, 1.807) is 0 Å². The molecule has 17 heavy (non-hydrogen) atoms. The van der Waals surface area contributed by atoms with Gasteiger partial charge in [0.1, 0.15) is 0 Å². The lowest BCUT2D eigenvalue weighted by atomic mass is 9.92. The fraction of sp³-hybridized carbons (Fsp3) is 0.600. The quantitative estimate of drug-likeness (QED) is 0.802. The second kappa shape index (κ2) is 5.03. The molecule has 0 aromatic heterocycles. The first-order valence-corrected chi connectivity index (χ1v) is 7.40. The summed E-state index contributed by atoms with van der Waals surface area (Å²) in [5.74, 6) is 1.94. The van der Waals surface area contributed by atoms with Crippen LogP contribution in [0.25, 0.3) is 0 Å². The van der Waals surface area contributed by atoms with Crippen molar-refractivity contribution in [1.82, 2.24) is 4.90 Å². The van der Waals surface area contributed by atoms with Crippen molar-refractivity contribution >= 4 is 12.6 Å². The number of fused-ring (bicyclic) bond motifs is 2. The summed E-state index contributed by atoms with van der Waals surface area (Å²) in [5.41, 5.74) is 1.47. The van der Waals surface area contributed by atoms with Crippen LogP contribution >= 0.6 is 12.6 Å². The molecule has 1 aromatic rings. The number of piperidine rings is 1. The standard InChI is InChI=1S/C15H21NS/c17-11-13-8-14-6-7-15(9-13)16(14)10-12-4-2-1-3-5-12/h1-5,13-15,17H,6-11H2. The third-order valence-corrected chi connectivity index (χ3v) is 4.96. The Balaban J connectivity index is 1.69. The molecule has 0 saturated carbocycles. The van der Waals surface area contributed by atoms with Crippen LogP contribution in [0.5, 0.6) is 0 Å². The van der Waals surface area contributed by atoms with Gasteiger partial charge in [0.2, 0.25) is 0 Å². The summed E-state index contributed by atoms with van der Waals surface area (Å²) in [5, 5.41) is 0. The first kappa shape index (κ1) is 11.6. The maximum absolute atomic E-state index is 4.48. The van der Waals surface area contributed by atoms with Crippen LogP contribution in [0.3, 0.4) is 0 Å². The van der Waals surface area contributed by atoms with Gasteiger partial charge in [0.25, 0.3) is 0 Å². The molecule has 0 spiro atoms. The molecule has 2 aliphatic rings.